The number of ether oxygens (including phenoxy) is 1. The Morgan fingerprint density at radius 2 is 1.89 bits per heavy atom. The molecule has 1 aromatic carbocycles. The van der Waals surface area contributed by atoms with Crippen LogP contribution in [-0.2, 0) is 11.2 Å². The van der Waals surface area contributed by atoms with E-state index in [2.05, 4.69) is 15.3 Å². The molecule has 1 aliphatic rings. The molecule has 1 atom stereocenters. The van der Waals surface area contributed by atoms with Crippen LogP contribution in [-0.4, -0.2) is 54.8 Å². The number of nitrogen functional groups attached to an aromatic ring is 1. The van der Waals surface area contributed by atoms with Crippen molar-refractivity contribution < 1.29 is 24.2 Å². The van der Waals surface area contributed by atoms with Gasteiger partial charge < -0.3 is 21.0 Å². The highest BCUT2D eigenvalue weighted by Gasteiger charge is 2.37. The van der Waals surface area contributed by atoms with Crippen molar-refractivity contribution in [3.8, 4) is 11.3 Å². The van der Waals surface area contributed by atoms with Crippen LogP contribution in [0.1, 0.15) is 78.8 Å². The van der Waals surface area contributed by atoms with Gasteiger partial charge >= 0.3 is 12.1 Å². The molecule has 1 saturated heterocycles. The molecule has 3 aromatic rings. The Kier molecular flexibility index (Phi) is 7.38. The van der Waals surface area contributed by atoms with Crippen molar-refractivity contribution in [1.82, 2.24) is 19.5 Å². The van der Waals surface area contributed by atoms with Crippen LogP contribution in [0, 0.1) is 0 Å². The number of aromatic carboxylic acids is 1. The number of carboxylic acids is 1. The average molecular weight is 521 g/mol. The predicted octanol–water partition coefficient (Wildman–Crippen LogP) is 4.24. The second-order valence-electron chi connectivity index (χ2n) is 10.1. The Morgan fingerprint density at radius 3 is 2.53 bits per heavy atom. The summed E-state index contributed by atoms with van der Waals surface area (Å²) in [6.45, 7) is 7.81. The summed E-state index contributed by atoms with van der Waals surface area (Å²) < 4.78 is 6.55. The zero-order valence-corrected chi connectivity index (χ0v) is 21.9. The van der Waals surface area contributed by atoms with Gasteiger partial charge in [0.05, 0.1) is 6.04 Å². The van der Waals surface area contributed by atoms with Gasteiger partial charge in [-0.25, -0.2) is 24.2 Å². The molecule has 2 aromatic heterocycles. The fourth-order valence-corrected chi connectivity index (χ4v) is 4.40. The van der Waals surface area contributed by atoms with Gasteiger partial charge in [-0.15, -0.1) is 0 Å². The number of rotatable bonds is 6. The number of carbonyl (C=O) groups is 3. The number of nitrogens with zero attached hydrogens (tertiary/aromatic N) is 4. The van der Waals surface area contributed by atoms with Crippen molar-refractivity contribution in [2.45, 2.75) is 58.6 Å². The second-order valence-corrected chi connectivity index (χ2v) is 10.1. The molecule has 1 aliphatic heterocycles. The third-order valence-electron chi connectivity index (χ3n) is 6.21. The van der Waals surface area contributed by atoms with Crippen molar-refractivity contribution in [2.75, 3.05) is 17.7 Å². The van der Waals surface area contributed by atoms with E-state index in [0.717, 1.165) is 16.7 Å². The Labute approximate surface area is 220 Å². The van der Waals surface area contributed by atoms with E-state index < -0.39 is 23.7 Å². The van der Waals surface area contributed by atoms with Crippen LogP contribution in [0.3, 0.4) is 0 Å². The summed E-state index contributed by atoms with van der Waals surface area (Å²) in [5.41, 5.74) is 1.14. The van der Waals surface area contributed by atoms with E-state index in [1.54, 1.807) is 51.2 Å². The number of nitrogens with two attached hydrogens (primary N) is 1. The number of hydrogen-bond acceptors (Lipinski definition) is 7. The minimum Gasteiger partial charge on any atom is -0.476 e. The maximum absolute atomic E-state index is 12.8. The van der Waals surface area contributed by atoms with Crippen molar-refractivity contribution in [2.24, 2.45) is 0 Å². The molecule has 1 fully saturated rings. The monoisotopic (exact) mass is 520 g/mol. The zero-order chi connectivity index (χ0) is 27.6. The predicted molar refractivity (Wildman–Crippen MR) is 141 cm³/mol. The highest BCUT2D eigenvalue weighted by molar-refractivity contribution is 6.04. The average Bonchev–Trinajstić information content (AvgIpc) is 3.47. The molecular formula is C27H32N6O5. The largest absolute Gasteiger partial charge is 0.476 e. The van der Waals surface area contributed by atoms with Crippen molar-refractivity contribution >= 4 is 23.8 Å². The molecule has 11 nitrogen and oxygen atoms in total. The van der Waals surface area contributed by atoms with E-state index in [9.17, 15) is 19.5 Å². The number of aromatic nitrogens is 3. The maximum atomic E-state index is 12.8. The topological polar surface area (TPSA) is 153 Å². The standard InChI is InChI=1S/C27H32N6O5/c1-5-16-12-13-29-20(15-16)30-24(34)18-10-8-17(9-11-18)21-22(25(35)36)33(28)23(31-21)19-7-6-14-32(19)26(37)38-27(2,3)4/h8-13,15,19H,5-7,14,28H2,1-4H3,(H,35,36)(H,29,30,34). The van der Waals surface area contributed by atoms with E-state index >= 15 is 0 Å². The van der Waals surface area contributed by atoms with Crippen LogP contribution >= 0.6 is 0 Å². The number of aryl methyl sites for hydroxylation is 1. The summed E-state index contributed by atoms with van der Waals surface area (Å²) in [6.07, 6.45) is 3.22. The van der Waals surface area contributed by atoms with E-state index in [4.69, 9.17) is 10.6 Å². The molecule has 38 heavy (non-hydrogen) atoms. The first-order valence-electron chi connectivity index (χ1n) is 12.5. The molecule has 0 saturated carbocycles. The minimum absolute atomic E-state index is 0.148. The van der Waals surface area contributed by atoms with Crippen LogP contribution in [0.15, 0.2) is 42.6 Å². The van der Waals surface area contributed by atoms with Crippen molar-refractivity contribution in [3.05, 3.63) is 65.2 Å². The molecule has 11 heteroatoms. The Hall–Kier alpha value is -4.41. The lowest BCUT2D eigenvalue weighted by atomic mass is 10.1. The smallest absolute Gasteiger partial charge is 0.410 e. The van der Waals surface area contributed by atoms with E-state index in [-0.39, 0.29) is 23.1 Å². The van der Waals surface area contributed by atoms with Crippen molar-refractivity contribution in [3.63, 3.8) is 0 Å². The number of carboxylic acid groups (broad SMARTS) is 1. The molecule has 200 valence electrons. The molecule has 4 rings (SSSR count). The van der Waals surface area contributed by atoms with Crippen LogP contribution in [0.25, 0.3) is 11.3 Å². The Morgan fingerprint density at radius 1 is 1.18 bits per heavy atom. The first-order valence-corrected chi connectivity index (χ1v) is 12.5. The molecule has 4 N–H and O–H groups in total. The van der Waals surface area contributed by atoms with Crippen LogP contribution in [0.4, 0.5) is 10.6 Å². The van der Waals surface area contributed by atoms with Gasteiger partial charge in [0.2, 0.25) is 0 Å². The number of imidazole rings is 1. The van der Waals surface area contributed by atoms with E-state index in [1.807, 2.05) is 19.1 Å². The first-order chi connectivity index (χ1) is 18.0. The SMILES string of the molecule is CCc1ccnc(NC(=O)c2ccc(-c3nc(C4CCCN4C(=O)OC(C)(C)C)n(N)c3C(=O)O)cc2)c1. The van der Waals surface area contributed by atoms with E-state index in [0.29, 0.717) is 36.3 Å². The normalized spacial score (nSPS) is 15.4. The molecule has 3 heterocycles. The molecule has 0 aliphatic carbocycles. The number of hydrogen-bond donors (Lipinski definition) is 3. The van der Waals surface area contributed by atoms with Gasteiger partial charge in [0.15, 0.2) is 11.5 Å². The van der Waals surface area contributed by atoms with Crippen LogP contribution < -0.4 is 11.2 Å². The van der Waals surface area contributed by atoms with Crippen LogP contribution in [0.5, 0.6) is 0 Å². The quantitative estimate of drug-likeness (QED) is 0.408. The summed E-state index contributed by atoms with van der Waals surface area (Å²) in [7, 11) is 0. The first kappa shape index (κ1) is 26.6. The number of nitrogens with one attached hydrogen (secondary N) is 1. The highest BCUT2D eigenvalue weighted by Crippen LogP contribution is 2.35. The number of anilines is 1. The molecule has 1 unspecified atom stereocenters. The Balaban J connectivity index is 1.61. The molecule has 0 radical (unpaired) electrons. The van der Waals surface area contributed by atoms with Gasteiger partial charge in [0.1, 0.15) is 17.1 Å². The lowest BCUT2D eigenvalue weighted by molar-refractivity contribution is 0.0217. The molecule has 0 bridgehead atoms. The number of likely N-dealkylation sites (tertiary alicyclic amines) is 1. The fourth-order valence-electron chi connectivity index (χ4n) is 4.40. The van der Waals surface area contributed by atoms with E-state index in [1.165, 1.54) is 4.90 Å². The summed E-state index contributed by atoms with van der Waals surface area (Å²) in [6, 6.07) is 9.55. The van der Waals surface area contributed by atoms with Gasteiger partial charge in [-0.3, -0.25) is 9.69 Å². The zero-order valence-electron chi connectivity index (χ0n) is 21.9. The van der Waals surface area contributed by atoms with Gasteiger partial charge in [-0.05, 0) is 69.9 Å². The molecular weight excluding hydrogens is 488 g/mol. The number of amides is 2. The molecule has 0 spiro atoms. The van der Waals surface area contributed by atoms with Crippen molar-refractivity contribution in [1.29, 1.82) is 0 Å². The van der Waals surface area contributed by atoms with Gasteiger partial charge in [-0.2, -0.15) is 0 Å². The summed E-state index contributed by atoms with van der Waals surface area (Å²) in [5.74, 6) is 5.32. The number of benzene rings is 1. The highest BCUT2D eigenvalue weighted by atomic mass is 16.6. The van der Waals surface area contributed by atoms with Gasteiger partial charge in [0, 0.05) is 23.9 Å². The van der Waals surface area contributed by atoms with Crippen LogP contribution in [0.2, 0.25) is 0 Å². The third-order valence-corrected chi connectivity index (χ3v) is 6.21. The maximum Gasteiger partial charge on any atom is 0.410 e. The summed E-state index contributed by atoms with van der Waals surface area (Å²) >= 11 is 0. The van der Waals surface area contributed by atoms with Gasteiger partial charge in [0.25, 0.3) is 5.91 Å². The second kappa shape index (κ2) is 10.5. The summed E-state index contributed by atoms with van der Waals surface area (Å²) in [5, 5.41) is 12.7. The third kappa shape index (κ3) is 5.61. The lowest BCUT2D eigenvalue weighted by Crippen LogP contribution is -2.37. The fraction of sp³-hybridized carbons (Fsp3) is 0.370. The lowest BCUT2D eigenvalue weighted by Gasteiger charge is -2.28. The Bertz CT molecular complexity index is 1360. The number of carbonyl (C=O) groups excluding carboxylic acids is 2. The summed E-state index contributed by atoms with van der Waals surface area (Å²) in [4.78, 5) is 48.0. The molecule has 2 amide bonds. The minimum atomic E-state index is -1.26. The van der Waals surface area contributed by atoms with Gasteiger partial charge in [-0.1, -0.05) is 19.1 Å². The number of pyridine rings is 1.